The first-order valence-corrected chi connectivity index (χ1v) is 9.74. The number of nitrogens with zero attached hydrogens (tertiary/aromatic N) is 5. The number of halogens is 1. The standard InChI is InChI=1S/C20H21FN6O2/c1-26-16-4-8-27-17(25-16)14(12-24-27)18(28)22-7-2-3-9-29-19-15(20(26)5-6-20)10-13(21)11-23-19/h4,8,10-12H,2-3,5-7,9H2,1H3,(H,22,28). The zero-order chi connectivity index (χ0) is 20.0. The number of hydrogen-bond acceptors (Lipinski definition) is 6. The fourth-order valence-corrected chi connectivity index (χ4v) is 3.90. The third kappa shape index (κ3) is 2.97. The van der Waals surface area contributed by atoms with E-state index >= 15 is 0 Å². The smallest absolute Gasteiger partial charge is 0.256 e. The van der Waals surface area contributed by atoms with Crippen molar-refractivity contribution >= 4 is 17.4 Å². The third-order valence-corrected chi connectivity index (χ3v) is 5.72. The number of aromatic nitrogens is 4. The van der Waals surface area contributed by atoms with Gasteiger partial charge in [-0.15, -0.1) is 0 Å². The Labute approximate surface area is 166 Å². The van der Waals surface area contributed by atoms with E-state index in [0.717, 1.165) is 31.2 Å². The van der Waals surface area contributed by atoms with Gasteiger partial charge in [0.05, 0.1) is 24.5 Å². The topological polar surface area (TPSA) is 84.7 Å². The van der Waals surface area contributed by atoms with Crippen LogP contribution in [0.1, 0.15) is 41.6 Å². The second-order valence-corrected chi connectivity index (χ2v) is 7.52. The summed E-state index contributed by atoms with van der Waals surface area (Å²) < 4.78 is 21.6. The average molecular weight is 396 g/mol. The lowest BCUT2D eigenvalue weighted by atomic mass is 10.0. The van der Waals surface area contributed by atoms with E-state index in [2.05, 4.69) is 15.4 Å². The summed E-state index contributed by atoms with van der Waals surface area (Å²) in [5, 5.41) is 7.14. The number of hydrogen-bond donors (Lipinski definition) is 1. The molecule has 2 aliphatic rings. The largest absolute Gasteiger partial charge is 0.477 e. The summed E-state index contributed by atoms with van der Waals surface area (Å²) in [5.74, 6) is 0.549. The highest BCUT2D eigenvalue weighted by Crippen LogP contribution is 2.54. The van der Waals surface area contributed by atoms with Crippen LogP contribution in [0.5, 0.6) is 5.88 Å². The highest BCUT2D eigenvalue weighted by Gasteiger charge is 2.51. The number of ether oxygens (including phenoxy) is 1. The Balaban J connectivity index is 1.64. The third-order valence-electron chi connectivity index (χ3n) is 5.72. The van der Waals surface area contributed by atoms with Crippen LogP contribution in [0.4, 0.5) is 10.2 Å². The maximum Gasteiger partial charge on any atom is 0.256 e. The maximum absolute atomic E-state index is 14.1. The molecule has 1 aliphatic heterocycles. The molecular formula is C20H21FN6O2. The van der Waals surface area contributed by atoms with Gasteiger partial charge in [-0.05, 0) is 37.8 Å². The molecule has 29 heavy (non-hydrogen) atoms. The second kappa shape index (κ2) is 6.68. The van der Waals surface area contributed by atoms with Gasteiger partial charge in [0, 0.05) is 25.4 Å². The lowest BCUT2D eigenvalue weighted by molar-refractivity contribution is 0.0953. The highest BCUT2D eigenvalue weighted by atomic mass is 19.1. The molecule has 0 radical (unpaired) electrons. The van der Waals surface area contributed by atoms with E-state index < -0.39 is 5.54 Å². The number of amides is 1. The molecule has 0 atom stereocenters. The van der Waals surface area contributed by atoms with Crippen LogP contribution in [0.3, 0.4) is 0 Å². The minimum atomic E-state index is -0.432. The Morgan fingerprint density at radius 1 is 1.28 bits per heavy atom. The minimum Gasteiger partial charge on any atom is -0.477 e. The number of carbonyl (C=O) groups is 1. The van der Waals surface area contributed by atoms with E-state index in [1.165, 1.54) is 18.5 Å². The predicted molar refractivity (Wildman–Crippen MR) is 104 cm³/mol. The molecule has 8 nitrogen and oxygen atoms in total. The molecule has 3 aromatic rings. The SMILES string of the molecule is CN1c2ccn3ncc(c3n2)C(=O)NCCCCOc2ncc(F)cc2C12CC2. The first kappa shape index (κ1) is 17.8. The van der Waals surface area contributed by atoms with Crippen molar-refractivity contribution in [3.05, 3.63) is 47.7 Å². The maximum atomic E-state index is 14.1. The second-order valence-electron chi connectivity index (χ2n) is 7.52. The molecule has 4 heterocycles. The van der Waals surface area contributed by atoms with Gasteiger partial charge in [-0.2, -0.15) is 5.10 Å². The van der Waals surface area contributed by atoms with Crippen molar-refractivity contribution < 1.29 is 13.9 Å². The van der Waals surface area contributed by atoms with Gasteiger partial charge in [-0.25, -0.2) is 18.9 Å². The zero-order valence-corrected chi connectivity index (χ0v) is 16.1. The van der Waals surface area contributed by atoms with Crippen molar-refractivity contribution in [3.8, 4) is 5.88 Å². The van der Waals surface area contributed by atoms with Gasteiger partial charge in [-0.3, -0.25) is 4.79 Å². The van der Waals surface area contributed by atoms with Crippen LogP contribution >= 0.6 is 0 Å². The Morgan fingerprint density at radius 3 is 2.97 bits per heavy atom. The highest BCUT2D eigenvalue weighted by molar-refractivity contribution is 5.99. The van der Waals surface area contributed by atoms with Crippen LogP contribution in [0.2, 0.25) is 0 Å². The van der Waals surface area contributed by atoms with Crippen LogP contribution in [-0.2, 0) is 5.54 Å². The van der Waals surface area contributed by atoms with E-state index in [9.17, 15) is 9.18 Å². The average Bonchev–Trinajstić information content (AvgIpc) is 3.42. The number of nitrogens with one attached hydrogen (secondary N) is 1. The zero-order valence-electron chi connectivity index (χ0n) is 16.1. The fourth-order valence-electron chi connectivity index (χ4n) is 3.90. The van der Waals surface area contributed by atoms with E-state index in [4.69, 9.17) is 9.72 Å². The molecule has 3 aromatic heterocycles. The Morgan fingerprint density at radius 2 is 2.14 bits per heavy atom. The molecule has 1 amide bonds. The van der Waals surface area contributed by atoms with Gasteiger partial charge >= 0.3 is 0 Å². The van der Waals surface area contributed by atoms with Crippen molar-refractivity contribution in [1.29, 1.82) is 0 Å². The van der Waals surface area contributed by atoms with E-state index in [1.807, 2.05) is 18.0 Å². The van der Waals surface area contributed by atoms with Crippen LogP contribution in [0.25, 0.3) is 5.65 Å². The van der Waals surface area contributed by atoms with Crippen LogP contribution in [-0.4, -0.2) is 45.7 Å². The molecule has 0 unspecified atom stereocenters. The predicted octanol–water partition coefficient (Wildman–Crippen LogP) is 2.29. The first-order valence-electron chi connectivity index (χ1n) is 9.74. The summed E-state index contributed by atoms with van der Waals surface area (Å²) >= 11 is 0. The number of pyridine rings is 1. The summed E-state index contributed by atoms with van der Waals surface area (Å²) in [5.41, 5.74) is 1.23. The summed E-state index contributed by atoms with van der Waals surface area (Å²) in [6, 6.07) is 3.35. The van der Waals surface area contributed by atoms with Gasteiger partial charge in [0.15, 0.2) is 5.65 Å². The fraction of sp³-hybridized carbons (Fsp3) is 0.400. The van der Waals surface area contributed by atoms with E-state index in [-0.39, 0.29) is 11.7 Å². The Bertz CT molecular complexity index is 1090. The number of carbonyl (C=O) groups excluding carboxylic acids is 1. The normalized spacial score (nSPS) is 18.7. The molecule has 2 bridgehead atoms. The molecule has 1 aliphatic carbocycles. The molecule has 9 heteroatoms. The van der Waals surface area contributed by atoms with Crippen LogP contribution < -0.4 is 15.0 Å². The molecule has 5 rings (SSSR count). The molecule has 150 valence electrons. The lowest BCUT2D eigenvalue weighted by Crippen LogP contribution is -2.33. The first-order chi connectivity index (χ1) is 14.1. The molecule has 1 fully saturated rings. The van der Waals surface area contributed by atoms with Gasteiger partial charge in [0.25, 0.3) is 5.91 Å². The number of anilines is 1. The van der Waals surface area contributed by atoms with Crippen molar-refractivity contribution in [2.45, 2.75) is 31.2 Å². The molecule has 0 saturated heterocycles. The van der Waals surface area contributed by atoms with Crippen LogP contribution in [0.15, 0.2) is 30.7 Å². The summed E-state index contributed by atoms with van der Waals surface area (Å²) in [6.45, 7) is 0.970. The van der Waals surface area contributed by atoms with Crippen molar-refractivity contribution in [1.82, 2.24) is 24.9 Å². The number of rotatable bonds is 0. The van der Waals surface area contributed by atoms with Crippen LogP contribution in [0, 0.1) is 5.82 Å². The van der Waals surface area contributed by atoms with Gasteiger partial charge < -0.3 is 15.0 Å². The molecule has 1 N–H and O–H groups in total. The van der Waals surface area contributed by atoms with Crippen molar-refractivity contribution in [2.24, 2.45) is 0 Å². The monoisotopic (exact) mass is 396 g/mol. The quantitative estimate of drug-likeness (QED) is 0.628. The van der Waals surface area contributed by atoms with Gasteiger partial charge in [0.2, 0.25) is 5.88 Å². The van der Waals surface area contributed by atoms with Gasteiger partial charge in [0.1, 0.15) is 17.2 Å². The summed E-state index contributed by atoms with van der Waals surface area (Å²) in [7, 11) is 1.93. The molecule has 1 spiro atoms. The Kier molecular flexibility index (Phi) is 4.11. The molecule has 0 aromatic carbocycles. The summed E-state index contributed by atoms with van der Waals surface area (Å²) in [6.07, 6.45) is 7.67. The Hall–Kier alpha value is -3.23. The molecule has 1 saturated carbocycles. The van der Waals surface area contributed by atoms with E-state index in [0.29, 0.717) is 36.1 Å². The van der Waals surface area contributed by atoms with Crippen molar-refractivity contribution in [2.75, 3.05) is 25.1 Å². The van der Waals surface area contributed by atoms with E-state index in [1.54, 1.807) is 10.7 Å². The molecular weight excluding hydrogens is 375 g/mol. The minimum absolute atomic E-state index is 0.198. The summed E-state index contributed by atoms with van der Waals surface area (Å²) in [4.78, 5) is 23.5. The lowest BCUT2D eigenvalue weighted by Gasteiger charge is -2.30. The van der Waals surface area contributed by atoms with Crippen molar-refractivity contribution in [3.63, 3.8) is 0 Å². The van der Waals surface area contributed by atoms with Gasteiger partial charge in [-0.1, -0.05) is 0 Å². The number of fused-ring (bicyclic) bond motifs is 3.